The van der Waals surface area contributed by atoms with Crippen LogP contribution in [0.15, 0.2) is 47.0 Å². The summed E-state index contributed by atoms with van der Waals surface area (Å²) in [6, 6.07) is 9.43. The highest BCUT2D eigenvalue weighted by Gasteiger charge is 2.30. The van der Waals surface area contributed by atoms with Crippen LogP contribution in [0.5, 0.6) is 5.88 Å². The fourth-order valence-electron chi connectivity index (χ4n) is 3.32. The predicted octanol–water partition coefficient (Wildman–Crippen LogP) is 6.19. The molecule has 0 unspecified atom stereocenters. The molecule has 33 heavy (non-hydrogen) atoms. The first-order valence-corrected chi connectivity index (χ1v) is 10.7. The Kier molecular flexibility index (Phi) is 5.20. The van der Waals surface area contributed by atoms with Crippen LogP contribution in [0.3, 0.4) is 0 Å². The minimum atomic E-state index is -4.48. The van der Waals surface area contributed by atoms with Crippen molar-refractivity contribution in [1.82, 2.24) is 20.1 Å². The van der Waals surface area contributed by atoms with Crippen molar-refractivity contribution in [2.24, 2.45) is 0 Å². The van der Waals surface area contributed by atoms with Crippen LogP contribution in [0.25, 0.3) is 31.7 Å². The molecular formula is C22H14F4N4O2S. The van der Waals surface area contributed by atoms with E-state index in [1.54, 1.807) is 12.1 Å². The van der Waals surface area contributed by atoms with Crippen molar-refractivity contribution in [3.05, 3.63) is 65.6 Å². The Morgan fingerprint density at radius 3 is 2.67 bits per heavy atom. The molecule has 168 valence electrons. The highest BCUT2D eigenvalue weighted by Crippen LogP contribution is 2.39. The molecular weight excluding hydrogens is 460 g/mol. The van der Waals surface area contributed by atoms with Gasteiger partial charge in [0.1, 0.15) is 16.3 Å². The molecule has 0 atom stereocenters. The molecule has 0 radical (unpaired) electrons. The molecule has 3 aromatic heterocycles. The van der Waals surface area contributed by atoms with E-state index in [0.29, 0.717) is 32.5 Å². The third-order valence-corrected chi connectivity index (χ3v) is 6.00. The monoisotopic (exact) mass is 474 g/mol. The Hall–Kier alpha value is -3.60. The lowest BCUT2D eigenvalue weighted by molar-refractivity contribution is -0.137. The van der Waals surface area contributed by atoms with Gasteiger partial charge in [-0.2, -0.15) is 23.1 Å². The van der Waals surface area contributed by atoms with Gasteiger partial charge in [-0.15, -0.1) is 11.3 Å². The first-order valence-electron chi connectivity index (χ1n) is 9.84. The third-order valence-electron chi connectivity index (χ3n) is 4.87. The van der Waals surface area contributed by atoms with Crippen LogP contribution in [0.4, 0.5) is 17.6 Å². The SMILES string of the molecule is CCc1nc(OCc2nc(-c3cccc(C(F)(F)F)c3)no2)c2sc3cccc(F)c3c2n1. The zero-order chi connectivity index (χ0) is 23.2. The summed E-state index contributed by atoms with van der Waals surface area (Å²) in [6.07, 6.45) is -3.97. The number of hydrogen-bond acceptors (Lipinski definition) is 7. The van der Waals surface area contributed by atoms with Crippen LogP contribution in [-0.2, 0) is 19.2 Å². The highest BCUT2D eigenvalue weighted by molar-refractivity contribution is 7.26. The average Bonchev–Trinajstić information content (AvgIpc) is 3.42. The van der Waals surface area contributed by atoms with Crippen LogP contribution in [0.1, 0.15) is 24.2 Å². The molecule has 0 aliphatic rings. The van der Waals surface area contributed by atoms with Crippen LogP contribution in [0.2, 0.25) is 0 Å². The first-order chi connectivity index (χ1) is 15.8. The maximum Gasteiger partial charge on any atom is 0.416 e. The van der Waals surface area contributed by atoms with E-state index in [-0.39, 0.29) is 35.6 Å². The van der Waals surface area contributed by atoms with Crippen molar-refractivity contribution in [2.45, 2.75) is 26.1 Å². The minimum absolute atomic E-state index is 0.00529. The Bertz CT molecular complexity index is 1480. The zero-order valence-electron chi connectivity index (χ0n) is 17.0. The number of aryl methyl sites for hydroxylation is 1. The van der Waals surface area contributed by atoms with E-state index in [2.05, 4.69) is 20.1 Å². The molecule has 0 N–H and O–H groups in total. The van der Waals surface area contributed by atoms with E-state index in [4.69, 9.17) is 9.26 Å². The van der Waals surface area contributed by atoms with E-state index in [1.807, 2.05) is 6.92 Å². The molecule has 11 heteroatoms. The average molecular weight is 474 g/mol. The van der Waals surface area contributed by atoms with Gasteiger partial charge in [-0.3, -0.25) is 0 Å². The van der Waals surface area contributed by atoms with E-state index >= 15 is 0 Å². The zero-order valence-corrected chi connectivity index (χ0v) is 17.8. The van der Waals surface area contributed by atoms with E-state index in [1.165, 1.54) is 29.5 Å². The summed E-state index contributed by atoms with van der Waals surface area (Å²) in [5, 5.41) is 4.16. The summed E-state index contributed by atoms with van der Waals surface area (Å²) in [6.45, 7) is 1.70. The normalized spacial score (nSPS) is 12.0. The number of aromatic nitrogens is 4. The third kappa shape index (κ3) is 3.99. The maximum absolute atomic E-state index is 14.4. The molecule has 5 rings (SSSR count). The second-order valence-corrected chi connectivity index (χ2v) is 8.12. The van der Waals surface area contributed by atoms with Gasteiger partial charge in [0.2, 0.25) is 11.7 Å². The van der Waals surface area contributed by atoms with E-state index in [0.717, 1.165) is 12.1 Å². The van der Waals surface area contributed by atoms with Gasteiger partial charge in [-0.25, -0.2) is 9.37 Å². The van der Waals surface area contributed by atoms with Crippen molar-refractivity contribution in [2.75, 3.05) is 0 Å². The Morgan fingerprint density at radius 2 is 1.88 bits per heavy atom. The van der Waals surface area contributed by atoms with Crippen molar-refractivity contribution >= 4 is 31.6 Å². The summed E-state index contributed by atoms with van der Waals surface area (Å²) < 4.78 is 65.6. The molecule has 0 aliphatic heterocycles. The maximum atomic E-state index is 14.4. The van der Waals surface area contributed by atoms with Crippen molar-refractivity contribution < 1.29 is 26.8 Å². The van der Waals surface area contributed by atoms with Gasteiger partial charge < -0.3 is 9.26 Å². The molecule has 0 spiro atoms. The molecule has 0 fully saturated rings. The van der Waals surface area contributed by atoms with E-state index < -0.39 is 11.7 Å². The lowest BCUT2D eigenvalue weighted by Gasteiger charge is -2.06. The van der Waals surface area contributed by atoms with Crippen molar-refractivity contribution in [3.63, 3.8) is 0 Å². The van der Waals surface area contributed by atoms with Crippen LogP contribution < -0.4 is 4.74 Å². The van der Waals surface area contributed by atoms with Gasteiger partial charge in [0.15, 0.2) is 6.61 Å². The van der Waals surface area contributed by atoms with Crippen LogP contribution in [-0.4, -0.2) is 20.1 Å². The highest BCUT2D eigenvalue weighted by atomic mass is 32.1. The quantitative estimate of drug-likeness (QED) is 0.283. The summed E-state index contributed by atoms with van der Waals surface area (Å²) in [4.78, 5) is 13.0. The predicted molar refractivity (Wildman–Crippen MR) is 113 cm³/mol. The number of nitrogens with zero attached hydrogens (tertiary/aromatic N) is 4. The van der Waals surface area contributed by atoms with Gasteiger partial charge in [-0.1, -0.05) is 30.3 Å². The minimum Gasteiger partial charge on any atom is -0.466 e. The summed E-state index contributed by atoms with van der Waals surface area (Å²) in [5.41, 5.74) is -0.183. The summed E-state index contributed by atoms with van der Waals surface area (Å²) in [7, 11) is 0. The van der Waals surface area contributed by atoms with Crippen molar-refractivity contribution in [1.29, 1.82) is 0 Å². The van der Waals surface area contributed by atoms with Crippen LogP contribution >= 0.6 is 11.3 Å². The van der Waals surface area contributed by atoms with Gasteiger partial charge in [0.05, 0.1) is 16.5 Å². The summed E-state index contributed by atoms with van der Waals surface area (Å²) in [5.74, 6) is 0.408. The molecule has 5 aromatic rings. The topological polar surface area (TPSA) is 73.9 Å². The van der Waals surface area contributed by atoms with Crippen LogP contribution in [0, 0.1) is 5.82 Å². The smallest absolute Gasteiger partial charge is 0.416 e. The number of hydrogen-bond donors (Lipinski definition) is 0. The van der Waals surface area contributed by atoms with Crippen molar-refractivity contribution in [3.8, 4) is 17.3 Å². The number of fused-ring (bicyclic) bond motifs is 3. The number of rotatable bonds is 5. The Labute approximate surface area is 187 Å². The fourth-order valence-corrected chi connectivity index (χ4v) is 4.42. The van der Waals surface area contributed by atoms with Gasteiger partial charge >= 0.3 is 6.18 Å². The van der Waals surface area contributed by atoms with Gasteiger partial charge in [-0.05, 0) is 24.3 Å². The number of benzene rings is 2. The number of halogens is 4. The number of thiophene rings is 1. The first kappa shape index (κ1) is 21.3. The Balaban J connectivity index is 1.45. The van der Waals surface area contributed by atoms with E-state index in [9.17, 15) is 17.6 Å². The number of alkyl halides is 3. The van der Waals surface area contributed by atoms with Gasteiger partial charge in [0.25, 0.3) is 5.89 Å². The number of ether oxygens (including phenoxy) is 1. The molecule has 0 saturated heterocycles. The van der Waals surface area contributed by atoms with Gasteiger partial charge in [0, 0.05) is 16.7 Å². The lowest BCUT2D eigenvalue weighted by atomic mass is 10.1. The lowest BCUT2D eigenvalue weighted by Crippen LogP contribution is -2.04. The second-order valence-electron chi connectivity index (χ2n) is 7.07. The Morgan fingerprint density at radius 1 is 1.06 bits per heavy atom. The largest absolute Gasteiger partial charge is 0.466 e. The molecule has 0 aliphatic carbocycles. The molecule has 3 heterocycles. The molecule has 0 amide bonds. The molecule has 6 nitrogen and oxygen atoms in total. The fraction of sp³-hybridized carbons (Fsp3) is 0.182. The second kappa shape index (κ2) is 8.07. The molecule has 2 aromatic carbocycles. The standard InChI is InChI=1S/C22H14F4N4O2S/c1-2-15-27-18-17-13(23)7-4-8-14(17)33-19(18)21(28-15)31-10-16-29-20(30-32-16)11-5-3-6-12(9-11)22(24,25)26/h3-9H,2,10H2,1H3. The molecule has 0 bridgehead atoms. The molecule has 0 saturated carbocycles. The summed E-state index contributed by atoms with van der Waals surface area (Å²) >= 11 is 1.30.